The van der Waals surface area contributed by atoms with Gasteiger partial charge in [0.2, 0.25) is 0 Å². The highest BCUT2D eigenvalue weighted by molar-refractivity contribution is 5.38. The molecule has 0 aliphatic rings. The standard InChI is InChI=1S/C16H28N2/c1-6-7-8-9-12-16(2,3)14-10-11-15(17-13-14)18(4)5/h10-11,13H,6-9,12H2,1-5H3. The van der Waals surface area contributed by atoms with Crippen LogP contribution in [0.15, 0.2) is 18.3 Å². The number of nitrogens with zero attached hydrogens (tertiary/aromatic N) is 2. The van der Waals surface area contributed by atoms with Gasteiger partial charge in [-0.05, 0) is 23.5 Å². The summed E-state index contributed by atoms with van der Waals surface area (Å²) >= 11 is 0. The zero-order valence-corrected chi connectivity index (χ0v) is 12.7. The van der Waals surface area contributed by atoms with E-state index in [1.54, 1.807) is 0 Å². The van der Waals surface area contributed by atoms with Gasteiger partial charge in [-0.2, -0.15) is 0 Å². The number of rotatable bonds is 7. The number of pyridine rings is 1. The highest BCUT2D eigenvalue weighted by Crippen LogP contribution is 2.29. The van der Waals surface area contributed by atoms with Crippen LogP contribution in [0.2, 0.25) is 0 Å². The smallest absolute Gasteiger partial charge is 0.127 e. The van der Waals surface area contributed by atoms with Gasteiger partial charge in [-0.25, -0.2) is 4.98 Å². The maximum absolute atomic E-state index is 4.51. The van der Waals surface area contributed by atoms with Gasteiger partial charge in [0.1, 0.15) is 5.82 Å². The lowest BCUT2D eigenvalue weighted by Gasteiger charge is -2.25. The fraction of sp³-hybridized carbons (Fsp3) is 0.688. The Balaban J connectivity index is 2.60. The fourth-order valence-corrected chi connectivity index (χ4v) is 2.19. The number of unbranched alkanes of at least 4 members (excludes halogenated alkanes) is 3. The van der Waals surface area contributed by atoms with E-state index < -0.39 is 0 Å². The maximum Gasteiger partial charge on any atom is 0.127 e. The summed E-state index contributed by atoms with van der Waals surface area (Å²) in [6.07, 6.45) is 8.61. The molecule has 0 unspecified atom stereocenters. The van der Waals surface area contributed by atoms with Crippen molar-refractivity contribution in [2.45, 2.75) is 58.3 Å². The average molecular weight is 248 g/mol. The molecule has 0 aliphatic heterocycles. The molecule has 0 saturated heterocycles. The minimum absolute atomic E-state index is 0.242. The van der Waals surface area contributed by atoms with Crippen LogP contribution in [0, 0.1) is 0 Å². The summed E-state index contributed by atoms with van der Waals surface area (Å²) in [5.74, 6) is 1.03. The molecule has 2 nitrogen and oxygen atoms in total. The summed E-state index contributed by atoms with van der Waals surface area (Å²) in [5, 5.41) is 0. The molecule has 0 atom stereocenters. The van der Waals surface area contributed by atoms with Crippen molar-refractivity contribution in [1.29, 1.82) is 0 Å². The molecular weight excluding hydrogens is 220 g/mol. The van der Waals surface area contributed by atoms with E-state index in [0.717, 1.165) is 5.82 Å². The number of anilines is 1. The van der Waals surface area contributed by atoms with Crippen LogP contribution >= 0.6 is 0 Å². The van der Waals surface area contributed by atoms with Crippen molar-refractivity contribution in [3.63, 3.8) is 0 Å². The quantitative estimate of drug-likeness (QED) is 0.665. The van der Waals surface area contributed by atoms with Crippen LogP contribution in [-0.4, -0.2) is 19.1 Å². The first-order chi connectivity index (χ1) is 8.47. The first-order valence-electron chi connectivity index (χ1n) is 7.11. The van der Waals surface area contributed by atoms with Gasteiger partial charge in [0, 0.05) is 20.3 Å². The van der Waals surface area contributed by atoms with E-state index in [4.69, 9.17) is 0 Å². The third-order valence-corrected chi connectivity index (χ3v) is 3.64. The second-order valence-electron chi connectivity index (χ2n) is 5.99. The Kier molecular flexibility index (Phi) is 5.64. The zero-order valence-electron chi connectivity index (χ0n) is 12.7. The lowest BCUT2D eigenvalue weighted by molar-refractivity contribution is 0.445. The van der Waals surface area contributed by atoms with E-state index in [1.807, 2.05) is 25.2 Å². The minimum atomic E-state index is 0.242. The molecule has 1 heterocycles. The second kappa shape index (κ2) is 6.77. The molecule has 0 aliphatic carbocycles. The van der Waals surface area contributed by atoms with Gasteiger partial charge < -0.3 is 4.90 Å². The number of hydrogen-bond donors (Lipinski definition) is 0. The lowest BCUT2D eigenvalue weighted by atomic mass is 9.81. The predicted octanol–water partition coefficient (Wildman–Crippen LogP) is 4.40. The normalized spacial score (nSPS) is 11.6. The van der Waals surface area contributed by atoms with Crippen LogP contribution in [0.25, 0.3) is 0 Å². The van der Waals surface area contributed by atoms with Gasteiger partial charge in [-0.15, -0.1) is 0 Å². The maximum atomic E-state index is 4.51. The molecule has 0 spiro atoms. The van der Waals surface area contributed by atoms with Crippen molar-refractivity contribution in [2.75, 3.05) is 19.0 Å². The van der Waals surface area contributed by atoms with Crippen molar-refractivity contribution in [3.8, 4) is 0 Å². The van der Waals surface area contributed by atoms with Gasteiger partial charge >= 0.3 is 0 Å². The van der Waals surface area contributed by atoms with Crippen molar-refractivity contribution < 1.29 is 0 Å². The highest BCUT2D eigenvalue weighted by atomic mass is 15.1. The third kappa shape index (κ3) is 4.32. The van der Waals surface area contributed by atoms with Crippen molar-refractivity contribution in [2.24, 2.45) is 0 Å². The lowest BCUT2D eigenvalue weighted by Crippen LogP contribution is -2.18. The number of hydrogen-bond acceptors (Lipinski definition) is 2. The SMILES string of the molecule is CCCCCCC(C)(C)c1ccc(N(C)C)nc1. The summed E-state index contributed by atoms with van der Waals surface area (Å²) in [5.41, 5.74) is 1.59. The Morgan fingerprint density at radius 3 is 2.33 bits per heavy atom. The van der Waals surface area contributed by atoms with E-state index in [2.05, 4.69) is 37.9 Å². The summed E-state index contributed by atoms with van der Waals surface area (Å²) < 4.78 is 0. The first kappa shape index (κ1) is 15.0. The highest BCUT2D eigenvalue weighted by Gasteiger charge is 2.20. The van der Waals surface area contributed by atoms with Gasteiger partial charge in [0.25, 0.3) is 0 Å². The van der Waals surface area contributed by atoms with Crippen molar-refractivity contribution in [3.05, 3.63) is 23.9 Å². The minimum Gasteiger partial charge on any atom is -0.363 e. The Morgan fingerprint density at radius 2 is 1.83 bits per heavy atom. The van der Waals surface area contributed by atoms with Crippen molar-refractivity contribution >= 4 is 5.82 Å². The molecule has 0 radical (unpaired) electrons. The van der Waals surface area contributed by atoms with Gasteiger partial charge in [0.05, 0.1) is 0 Å². The molecule has 0 amide bonds. The third-order valence-electron chi connectivity index (χ3n) is 3.64. The van der Waals surface area contributed by atoms with Gasteiger partial charge in [-0.3, -0.25) is 0 Å². The van der Waals surface area contributed by atoms with Gasteiger partial charge in [-0.1, -0.05) is 52.5 Å². The monoisotopic (exact) mass is 248 g/mol. The largest absolute Gasteiger partial charge is 0.363 e. The summed E-state index contributed by atoms with van der Waals surface area (Å²) in [4.78, 5) is 6.55. The van der Waals surface area contributed by atoms with E-state index in [-0.39, 0.29) is 5.41 Å². The molecule has 102 valence electrons. The predicted molar refractivity (Wildman–Crippen MR) is 80.3 cm³/mol. The molecule has 1 rings (SSSR count). The molecule has 18 heavy (non-hydrogen) atoms. The molecule has 0 N–H and O–H groups in total. The summed E-state index contributed by atoms with van der Waals surface area (Å²) in [6.45, 7) is 6.91. The van der Waals surface area contributed by atoms with E-state index >= 15 is 0 Å². The summed E-state index contributed by atoms with van der Waals surface area (Å²) in [7, 11) is 4.05. The van der Waals surface area contributed by atoms with Crippen molar-refractivity contribution in [1.82, 2.24) is 4.98 Å². The molecular formula is C16H28N2. The second-order valence-corrected chi connectivity index (χ2v) is 5.99. The summed E-state index contributed by atoms with van der Waals surface area (Å²) in [6, 6.07) is 4.34. The van der Waals surface area contributed by atoms with Crippen LogP contribution in [0.1, 0.15) is 58.4 Å². The van der Waals surface area contributed by atoms with E-state index in [0.29, 0.717) is 0 Å². The molecule has 2 heteroatoms. The van der Waals surface area contributed by atoms with E-state index in [1.165, 1.54) is 37.7 Å². The number of aromatic nitrogens is 1. The van der Waals surface area contributed by atoms with E-state index in [9.17, 15) is 0 Å². The Morgan fingerprint density at radius 1 is 1.11 bits per heavy atom. The molecule has 0 aromatic carbocycles. The van der Waals surface area contributed by atoms with Crippen LogP contribution in [-0.2, 0) is 5.41 Å². The Bertz CT molecular complexity index is 339. The Hall–Kier alpha value is -1.05. The van der Waals surface area contributed by atoms with Crippen LogP contribution in [0.3, 0.4) is 0 Å². The molecule has 0 bridgehead atoms. The Labute approximate surface area is 112 Å². The topological polar surface area (TPSA) is 16.1 Å². The van der Waals surface area contributed by atoms with Crippen LogP contribution in [0.4, 0.5) is 5.82 Å². The van der Waals surface area contributed by atoms with Crippen LogP contribution < -0.4 is 4.90 Å². The van der Waals surface area contributed by atoms with Gasteiger partial charge in [0.15, 0.2) is 0 Å². The fourth-order valence-electron chi connectivity index (χ4n) is 2.19. The van der Waals surface area contributed by atoms with Crippen LogP contribution in [0.5, 0.6) is 0 Å². The molecule has 1 aromatic rings. The molecule has 1 aromatic heterocycles. The molecule has 0 fully saturated rings. The zero-order chi connectivity index (χ0) is 13.6. The molecule has 0 saturated carbocycles. The average Bonchev–Trinajstić information content (AvgIpc) is 2.35. The first-order valence-corrected chi connectivity index (χ1v) is 7.11.